The van der Waals surface area contributed by atoms with E-state index in [2.05, 4.69) is 23.6 Å². The molecule has 2 aromatic carbocycles. The highest BCUT2D eigenvalue weighted by atomic mass is 16.2. The topological polar surface area (TPSA) is 94.3 Å². The molecule has 210 valence electrons. The molecular weight excluding hydrogens is 488 g/mol. The molecule has 2 atom stereocenters. The lowest BCUT2D eigenvalue weighted by Crippen LogP contribution is -2.73. The van der Waals surface area contributed by atoms with E-state index in [9.17, 15) is 9.59 Å². The van der Waals surface area contributed by atoms with Gasteiger partial charge < -0.3 is 5.73 Å². The fourth-order valence-electron chi connectivity index (χ4n) is 5.90. The molecule has 4 rings (SSSR count). The second-order valence-electron chi connectivity index (χ2n) is 10.5. The highest BCUT2D eigenvalue weighted by Gasteiger charge is 2.61. The lowest BCUT2D eigenvalue weighted by atomic mass is 9.91. The van der Waals surface area contributed by atoms with E-state index >= 15 is 0 Å². The number of anilines is 1. The van der Waals surface area contributed by atoms with E-state index in [1.807, 2.05) is 67.1 Å². The van der Waals surface area contributed by atoms with Gasteiger partial charge >= 0.3 is 6.03 Å². The molecule has 0 bridgehead atoms. The molecule has 2 unspecified atom stereocenters. The number of amides is 3. The van der Waals surface area contributed by atoms with Crippen molar-refractivity contribution in [3.05, 3.63) is 65.7 Å². The highest BCUT2D eigenvalue weighted by Crippen LogP contribution is 2.40. The first-order valence-electron chi connectivity index (χ1n) is 14.6. The number of hydrogen-bond donors (Lipinski definition) is 2. The maximum absolute atomic E-state index is 13.9. The Balaban J connectivity index is 1.53. The van der Waals surface area contributed by atoms with Gasteiger partial charge in [0.1, 0.15) is 5.84 Å². The Labute approximate surface area is 233 Å². The molecule has 3 N–H and O–H groups in total. The van der Waals surface area contributed by atoms with Crippen molar-refractivity contribution in [2.75, 3.05) is 25.4 Å². The number of aliphatic imine (C=N–C) groups is 1. The van der Waals surface area contributed by atoms with Crippen molar-refractivity contribution in [3.63, 3.8) is 0 Å². The lowest BCUT2D eigenvalue weighted by Gasteiger charge is -2.50. The molecule has 1 fully saturated rings. The van der Waals surface area contributed by atoms with Crippen molar-refractivity contribution in [1.29, 1.82) is 0 Å². The van der Waals surface area contributed by atoms with Crippen LogP contribution in [0.3, 0.4) is 0 Å². The zero-order valence-electron chi connectivity index (χ0n) is 23.7. The van der Waals surface area contributed by atoms with Crippen LogP contribution in [0, 0.1) is 0 Å². The number of benzene rings is 2. The Morgan fingerprint density at radius 2 is 1.67 bits per heavy atom. The molecule has 0 spiro atoms. The molecule has 2 heterocycles. The molecule has 3 amide bonds. The summed E-state index contributed by atoms with van der Waals surface area (Å²) in [6.45, 7) is 7.72. The largest absolute Gasteiger partial charge is 0.399 e. The van der Waals surface area contributed by atoms with Gasteiger partial charge in [0.05, 0.1) is 0 Å². The van der Waals surface area contributed by atoms with Crippen LogP contribution in [-0.4, -0.2) is 63.9 Å². The summed E-state index contributed by atoms with van der Waals surface area (Å²) in [6, 6.07) is 17.5. The molecule has 8 nitrogen and oxygen atoms in total. The molecule has 0 radical (unpaired) electrons. The number of nitrogens with one attached hydrogen (secondary N) is 1. The summed E-state index contributed by atoms with van der Waals surface area (Å²) in [7, 11) is 0. The number of nitrogens with zero attached hydrogens (tertiary/aromatic N) is 4. The van der Waals surface area contributed by atoms with Crippen LogP contribution < -0.4 is 11.2 Å². The summed E-state index contributed by atoms with van der Waals surface area (Å²) in [5.74, 6) is 0.649. The van der Waals surface area contributed by atoms with Crippen LogP contribution in [0.15, 0.2) is 59.6 Å². The van der Waals surface area contributed by atoms with Crippen molar-refractivity contribution in [3.8, 4) is 0 Å². The number of urea groups is 1. The van der Waals surface area contributed by atoms with Crippen molar-refractivity contribution in [1.82, 2.24) is 20.2 Å². The summed E-state index contributed by atoms with van der Waals surface area (Å²) < 4.78 is 0. The van der Waals surface area contributed by atoms with E-state index in [1.165, 1.54) is 10.5 Å². The highest BCUT2D eigenvalue weighted by molar-refractivity contribution is 6.05. The van der Waals surface area contributed by atoms with Crippen LogP contribution in [0.1, 0.15) is 70.4 Å². The summed E-state index contributed by atoms with van der Waals surface area (Å²) in [4.78, 5) is 36.3. The third kappa shape index (κ3) is 6.11. The van der Waals surface area contributed by atoms with Crippen molar-refractivity contribution < 1.29 is 9.59 Å². The predicted octanol–water partition coefficient (Wildman–Crippen LogP) is 5.00. The van der Waals surface area contributed by atoms with E-state index in [1.54, 1.807) is 0 Å². The van der Waals surface area contributed by atoms with Gasteiger partial charge in [-0.2, -0.15) is 0 Å². The number of nitrogens with two attached hydrogens (primary N) is 1. The number of nitrogen functional groups attached to an aromatic ring is 1. The van der Waals surface area contributed by atoms with Gasteiger partial charge in [-0.05, 0) is 55.4 Å². The Kier molecular flexibility index (Phi) is 9.62. The van der Waals surface area contributed by atoms with E-state index in [4.69, 9.17) is 10.7 Å². The molecule has 0 saturated carbocycles. The second kappa shape index (κ2) is 13.1. The first-order chi connectivity index (χ1) is 18.9. The lowest BCUT2D eigenvalue weighted by molar-refractivity contribution is -0.144. The summed E-state index contributed by atoms with van der Waals surface area (Å²) in [5.41, 5.74) is 11.6. The summed E-state index contributed by atoms with van der Waals surface area (Å²) in [6.07, 6.45) is 6.92. The number of carbonyl (C=O) groups is 2. The van der Waals surface area contributed by atoms with Gasteiger partial charge in [-0.25, -0.2) is 15.2 Å². The Hall–Kier alpha value is -3.39. The van der Waals surface area contributed by atoms with Gasteiger partial charge in [-0.1, -0.05) is 76.1 Å². The number of hydrogen-bond acceptors (Lipinski definition) is 6. The fourth-order valence-corrected chi connectivity index (χ4v) is 5.90. The number of amidine groups is 1. The van der Waals surface area contributed by atoms with Gasteiger partial charge in [-0.15, -0.1) is 0 Å². The van der Waals surface area contributed by atoms with E-state index in [-0.39, 0.29) is 11.9 Å². The second-order valence-corrected chi connectivity index (χ2v) is 10.5. The maximum atomic E-state index is 13.9. The van der Waals surface area contributed by atoms with Gasteiger partial charge in [0, 0.05) is 31.7 Å². The van der Waals surface area contributed by atoms with Crippen LogP contribution in [0.4, 0.5) is 10.5 Å². The summed E-state index contributed by atoms with van der Waals surface area (Å²) in [5, 5.41) is 1.95. The molecule has 2 aliphatic rings. The number of imide groups is 1. The van der Waals surface area contributed by atoms with Crippen LogP contribution in [0.25, 0.3) is 0 Å². The molecule has 8 heteroatoms. The minimum absolute atomic E-state index is 0.158. The first-order valence-corrected chi connectivity index (χ1v) is 14.6. The smallest absolute Gasteiger partial charge is 0.328 e. The van der Waals surface area contributed by atoms with E-state index in [0.717, 1.165) is 55.6 Å². The number of aryl methyl sites for hydroxylation is 1. The molecule has 39 heavy (non-hydrogen) atoms. The minimum atomic E-state index is -0.910. The predicted molar refractivity (Wildman–Crippen MR) is 157 cm³/mol. The van der Waals surface area contributed by atoms with Crippen LogP contribution in [-0.2, 0) is 17.6 Å². The Bertz CT molecular complexity index is 1150. The van der Waals surface area contributed by atoms with Gasteiger partial charge in [0.25, 0.3) is 5.91 Å². The van der Waals surface area contributed by atoms with Crippen LogP contribution in [0.5, 0.6) is 0 Å². The number of rotatable bonds is 14. The van der Waals surface area contributed by atoms with Gasteiger partial charge in [-0.3, -0.25) is 19.6 Å². The van der Waals surface area contributed by atoms with Gasteiger partial charge in [0.15, 0.2) is 11.7 Å². The normalized spacial score (nSPS) is 20.9. The van der Waals surface area contributed by atoms with Crippen molar-refractivity contribution in [2.24, 2.45) is 4.99 Å². The van der Waals surface area contributed by atoms with Crippen LogP contribution >= 0.6 is 0 Å². The monoisotopic (exact) mass is 532 g/mol. The number of unbranched alkanes of at least 4 members (excludes halogenated alkanes) is 3. The third-order valence-electron chi connectivity index (χ3n) is 7.78. The SMILES string of the molecule is CCCN1C(=O)C2N(NCC)C(Cc3ccccc3)=NC2(CC)N(CCCCCCc2cccc(N)c2)C1=O. The molecule has 0 aliphatic carbocycles. The average molecular weight is 533 g/mol. The molecule has 2 aliphatic heterocycles. The van der Waals surface area contributed by atoms with E-state index in [0.29, 0.717) is 32.5 Å². The third-order valence-corrected chi connectivity index (χ3v) is 7.78. The average Bonchev–Trinajstić information content (AvgIpc) is 3.25. The Morgan fingerprint density at radius 3 is 2.36 bits per heavy atom. The number of hydrazine groups is 1. The number of carbonyl (C=O) groups excluding carboxylic acids is 2. The molecular formula is C31H44N6O2. The Morgan fingerprint density at radius 1 is 0.923 bits per heavy atom. The quantitative estimate of drug-likeness (QED) is 0.264. The minimum Gasteiger partial charge on any atom is -0.399 e. The molecule has 2 aromatic rings. The van der Waals surface area contributed by atoms with Crippen molar-refractivity contribution >= 4 is 23.5 Å². The zero-order valence-corrected chi connectivity index (χ0v) is 23.7. The molecule has 1 saturated heterocycles. The van der Waals surface area contributed by atoms with Gasteiger partial charge in [0.2, 0.25) is 0 Å². The number of fused-ring (bicyclic) bond motifs is 1. The fraction of sp³-hybridized carbons (Fsp3) is 0.516. The van der Waals surface area contributed by atoms with Crippen LogP contribution in [0.2, 0.25) is 0 Å². The molecule has 0 aromatic heterocycles. The summed E-state index contributed by atoms with van der Waals surface area (Å²) >= 11 is 0. The zero-order chi connectivity index (χ0) is 27.8. The standard InChI is InChI=1S/C31H44N6O2/c1-4-20-35-29(38)28-31(5-2,34-27(37(28)33-6-3)23-25-16-11-9-12-17-25)36(30(35)39)21-13-8-7-10-15-24-18-14-19-26(32)22-24/h9,11-12,14,16-19,22,28,33H,4-8,10,13,15,20-21,23,32H2,1-3H3. The first kappa shape index (κ1) is 28.6. The van der Waals surface area contributed by atoms with Crippen molar-refractivity contribution in [2.45, 2.75) is 83.8 Å². The van der Waals surface area contributed by atoms with E-state index < -0.39 is 11.7 Å². The maximum Gasteiger partial charge on any atom is 0.328 e.